The first-order valence-electron chi connectivity index (χ1n) is 4.41. The summed E-state index contributed by atoms with van der Waals surface area (Å²) >= 11 is 0. The van der Waals surface area contributed by atoms with Gasteiger partial charge < -0.3 is 0 Å². The number of hydrogen-bond acceptors (Lipinski definition) is 2. The molecule has 2 nitrogen and oxygen atoms in total. The standard InChI is InChI=1S/C11H14N2/c1-12-8-9-13-10-11-6-4-2-3-5-7-11/h2-4,6,8-11H,1,5,7H2/b9-8-,13-10?/t11-/m0/s1. The minimum atomic E-state index is 0.449. The van der Waals surface area contributed by atoms with Gasteiger partial charge in [-0.1, -0.05) is 24.3 Å². The van der Waals surface area contributed by atoms with Gasteiger partial charge in [0.2, 0.25) is 0 Å². The van der Waals surface area contributed by atoms with Crippen LogP contribution in [-0.2, 0) is 0 Å². The lowest BCUT2D eigenvalue weighted by molar-refractivity contribution is 0.775. The van der Waals surface area contributed by atoms with E-state index in [0.29, 0.717) is 5.92 Å². The summed E-state index contributed by atoms with van der Waals surface area (Å²) in [5, 5.41) is 0. The van der Waals surface area contributed by atoms with Crippen molar-refractivity contribution < 1.29 is 0 Å². The van der Waals surface area contributed by atoms with E-state index in [-0.39, 0.29) is 0 Å². The summed E-state index contributed by atoms with van der Waals surface area (Å²) < 4.78 is 0. The molecule has 0 fully saturated rings. The second kappa shape index (κ2) is 6.12. The molecule has 0 spiro atoms. The molecule has 2 heteroatoms. The van der Waals surface area contributed by atoms with Crippen molar-refractivity contribution in [2.24, 2.45) is 15.9 Å². The summed E-state index contributed by atoms with van der Waals surface area (Å²) in [5.74, 6) is 0.449. The molecular formula is C11H14N2. The molecule has 0 amide bonds. The molecule has 0 heterocycles. The lowest BCUT2D eigenvalue weighted by Crippen LogP contribution is -1.95. The van der Waals surface area contributed by atoms with Gasteiger partial charge in [0.1, 0.15) is 0 Å². The van der Waals surface area contributed by atoms with Crippen LogP contribution in [0.5, 0.6) is 0 Å². The molecule has 0 N–H and O–H groups in total. The van der Waals surface area contributed by atoms with Crippen LogP contribution in [0.15, 0.2) is 46.7 Å². The van der Waals surface area contributed by atoms with Crippen LogP contribution in [-0.4, -0.2) is 12.9 Å². The zero-order valence-corrected chi connectivity index (χ0v) is 7.63. The molecular weight excluding hydrogens is 160 g/mol. The van der Waals surface area contributed by atoms with Crippen molar-refractivity contribution in [3.63, 3.8) is 0 Å². The first kappa shape index (κ1) is 9.65. The van der Waals surface area contributed by atoms with Crippen LogP contribution in [0.2, 0.25) is 0 Å². The Kier molecular flexibility index (Phi) is 4.54. The van der Waals surface area contributed by atoms with Crippen LogP contribution in [0, 0.1) is 5.92 Å². The van der Waals surface area contributed by atoms with Gasteiger partial charge in [0.05, 0.1) is 0 Å². The van der Waals surface area contributed by atoms with Gasteiger partial charge >= 0.3 is 0 Å². The predicted octanol–water partition coefficient (Wildman–Crippen LogP) is 2.75. The molecule has 13 heavy (non-hydrogen) atoms. The highest BCUT2D eigenvalue weighted by molar-refractivity contribution is 5.64. The van der Waals surface area contributed by atoms with Gasteiger partial charge in [-0.15, -0.1) is 0 Å². The van der Waals surface area contributed by atoms with E-state index < -0.39 is 0 Å². The Hall–Kier alpha value is -1.44. The van der Waals surface area contributed by atoms with E-state index in [1.807, 2.05) is 6.21 Å². The third-order valence-electron chi connectivity index (χ3n) is 1.81. The van der Waals surface area contributed by atoms with Crippen LogP contribution < -0.4 is 0 Å². The van der Waals surface area contributed by atoms with Gasteiger partial charge in [-0.3, -0.25) is 9.98 Å². The number of nitrogens with zero attached hydrogens (tertiary/aromatic N) is 2. The molecule has 0 unspecified atom stereocenters. The fourth-order valence-electron chi connectivity index (χ4n) is 1.14. The van der Waals surface area contributed by atoms with Crippen LogP contribution in [0.3, 0.4) is 0 Å². The normalized spacial score (nSPS) is 22.6. The molecule has 1 atom stereocenters. The highest BCUT2D eigenvalue weighted by Gasteiger charge is 2.00. The Morgan fingerprint density at radius 3 is 3.08 bits per heavy atom. The van der Waals surface area contributed by atoms with E-state index in [4.69, 9.17) is 0 Å². The molecule has 0 radical (unpaired) electrons. The maximum atomic E-state index is 4.11. The van der Waals surface area contributed by atoms with Crippen molar-refractivity contribution in [3.8, 4) is 0 Å². The fourth-order valence-corrected chi connectivity index (χ4v) is 1.14. The van der Waals surface area contributed by atoms with Crippen molar-refractivity contribution in [1.29, 1.82) is 0 Å². The van der Waals surface area contributed by atoms with Gasteiger partial charge in [0.15, 0.2) is 0 Å². The van der Waals surface area contributed by atoms with Crippen LogP contribution in [0.25, 0.3) is 0 Å². The Balaban J connectivity index is 2.40. The molecule has 0 aromatic carbocycles. The second-order valence-electron chi connectivity index (χ2n) is 2.83. The van der Waals surface area contributed by atoms with E-state index in [1.165, 1.54) is 0 Å². The number of aliphatic imine (C=N–C) groups is 2. The number of hydrogen-bond donors (Lipinski definition) is 0. The van der Waals surface area contributed by atoms with Crippen molar-refractivity contribution in [3.05, 3.63) is 36.7 Å². The minimum absolute atomic E-state index is 0.449. The average molecular weight is 174 g/mol. The zero-order valence-electron chi connectivity index (χ0n) is 7.63. The largest absolute Gasteiger partial charge is 0.271 e. The summed E-state index contributed by atoms with van der Waals surface area (Å²) in [6, 6.07) is 0. The first-order chi connectivity index (χ1) is 6.43. The SMILES string of the molecule is C=N/C=C\N=C[C@H]1C=CC=CCC1. The van der Waals surface area contributed by atoms with Crippen molar-refractivity contribution in [1.82, 2.24) is 0 Å². The van der Waals surface area contributed by atoms with E-state index >= 15 is 0 Å². The number of rotatable bonds is 3. The van der Waals surface area contributed by atoms with Crippen LogP contribution >= 0.6 is 0 Å². The van der Waals surface area contributed by atoms with Crippen LogP contribution in [0.1, 0.15) is 12.8 Å². The Morgan fingerprint density at radius 2 is 2.23 bits per heavy atom. The molecule has 0 aromatic heterocycles. The Bertz CT molecular complexity index is 259. The van der Waals surface area contributed by atoms with E-state index in [1.54, 1.807) is 12.4 Å². The second-order valence-corrected chi connectivity index (χ2v) is 2.83. The minimum Gasteiger partial charge on any atom is -0.271 e. The lowest BCUT2D eigenvalue weighted by atomic mass is 10.1. The molecule has 1 rings (SSSR count). The zero-order chi connectivity index (χ0) is 9.36. The van der Waals surface area contributed by atoms with Gasteiger partial charge in [-0.2, -0.15) is 0 Å². The first-order valence-corrected chi connectivity index (χ1v) is 4.41. The predicted molar refractivity (Wildman–Crippen MR) is 58.2 cm³/mol. The molecule has 1 aliphatic rings. The quantitative estimate of drug-likeness (QED) is 0.588. The molecule has 0 aromatic rings. The van der Waals surface area contributed by atoms with Gasteiger partial charge in [-0.25, -0.2) is 0 Å². The topological polar surface area (TPSA) is 24.7 Å². The van der Waals surface area contributed by atoms with E-state index in [2.05, 4.69) is 41.0 Å². The summed E-state index contributed by atoms with van der Waals surface area (Å²) in [7, 11) is 0. The molecule has 68 valence electrons. The smallest absolute Gasteiger partial charge is 0.0446 e. The highest BCUT2D eigenvalue weighted by Crippen LogP contribution is 2.10. The molecule has 1 aliphatic carbocycles. The summed E-state index contributed by atoms with van der Waals surface area (Å²) in [6.07, 6.45) is 15.9. The van der Waals surface area contributed by atoms with Gasteiger partial charge in [0, 0.05) is 24.5 Å². The van der Waals surface area contributed by atoms with E-state index in [0.717, 1.165) is 12.8 Å². The summed E-state index contributed by atoms with van der Waals surface area (Å²) in [5.41, 5.74) is 0. The molecule has 0 saturated heterocycles. The van der Waals surface area contributed by atoms with Crippen molar-refractivity contribution in [2.45, 2.75) is 12.8 Å². The van der Waals surface area contributed by atoms with E-state index in [9.17, 15) is 0 Å². The van der Waals surface area contributed by atoms with Crippen molar-refractivity contribution in [2.75, 3.05) is 0 Å². The fraction of sp³-hybridized carbons (Fsp3) is 0.273. The molecule has 0 bridgehead atoms. The van der Waals surface area contributed by atoms with Crippen LogP contribution in [0.4, 0.5) is 0 Å². The summed E-state index contributed by atoms with van der Waals surface area (Å²) in [6.45, 7) is 3.33. The average Bonchev–Trinajstić information content (AvgIpc) is 2.41. The van der Waals surface area contributed by atoms with Gasteiger partial charge in [0.25, 0.3) is 0 Å². The molecule has 0 saturated carbocycles. The third-order valence-corrected chi connectivity index (χ3v) is 1.81. The highest BCUT2D eigenvalue weighted by atomic mass is 14.7. The maximum absolute atomic E-state index is 4.11. The Labute approximate surface area is 79.1 Å². The Morgan fingerprint density at radius 1 is 1.31 bits per heavy atom. The third kappa shape index (κ3) is 4.21. The summed E-state index contributed by atoms with van der Waals surface area (Å²) in [4.78, 5) is 7.67. The monoisotopic (exact) mass is 174 g/mol. The maximum Gasteiger partial charge on any atom is 0.0446 e. The molecule has 0 aliphatic heterocycles. The lowest BCUT2D eigenvalue weighted by Gasteiger charge is -2.00. The van der Waals surface area contributed by atoms with Gasteiger partial charge in [-0.05, 0) is 19.6 Å². The van der Waals surface area contributed by atoms with Crippen molar-refractivity contribution >= 4 is 12.9 Å². The number of allylic oxidation sites excluding steroid dienone is 4.